The van der Waals surface area contributed by atoms with E-state index >= 15 is 0 Å². The number of anilines is 1. The lowest BCUT2D eigenvalue weighted by atomic mass is 9.85. The summed E-state index contributed by atoms with van der Waals surface area (Å²) in [6.45, 7) is 7.11. The van der Waals surface area contributed by atoms with Crippen molar-refractivity contribution in [3.63, 3.8) is 0 Å². The minimum absolute atomic E-state index is 0.0628. The summed E-state index contributed by atoms with van der Waals surface area (Å²) in [6, 6.07) is 1.77. The SMILES string of the molecule is CNC(=O)C(=O)[C@H](C[C@@H]1C[C@@H](C)NC1=O)NC(=O)c1cc(Cl)ccc1NC(=O)C(N(C)C(=O)OC)C(C)(C)C. The Hall–Kier alpha value is -3.67. The number of ether oxygens (including phenoxy) is 1. The minimum atomic E-state index is -1.31. The van der Waals surface area contributed by atoms with Crippen molar-refractivity contribution in [1.29, 1.82) is 0 Å². The molecule has 0 saturated carbocycles. The second-order valence-electron chi connectivity index (χ2n) is 10.6. The van der Waals surface area contributed by atoms with Crippen LogP contribution in [0.25, 0.3) is 0 Å². The van der Waals surface area contributed by atoms with Crippen LogP contribution in [0, 0.1) is 11.3 Å². The predicted octanol–water partition coefficient (Wildman–Crippen LogP) is 1.72. The van der Waals surface area contributed by atoms with Gasteiger partial charge in [0.15, 0.2) is 0 Å². The molecule has 13 heteroatoms. The number of rotatable bonds is 9. The molecule has 1 aliphatic heterocycles. The summed E-state index contributed by atoms with van der Waals surface area (Å²) in [7, 11) is 3.90. The number of amides is 5. The number of carbonyl (C=O) groups excluding carboxylic acids is 6. The number of benzene rings is 1. The largest absolute Gasteiger partial charge is 0.453 e. The topological polar surface area (TPSA) is 163 Å². The number of Topliss-reactive ketones (excluding diaryl/α,β-unsaturated/α-hetero) is 1. The Morgan fingerprint density at radius 3 is 2.36 bits per heavy atom. The smallest absolute Gasteiger partial charge is 0.409 e. The molecule has 4 N–H and O–H groups in total. The van der Waals surface area contributed by atoms with Crippen molar-refractivity contribution in [2.45, 2.75) is 58.7 Å². The molecule has 1 unspecified atom stereocenters. The molecule has 12 nitrogen and oxygen atoms in total. The zero-order valence-corrected chi connectivity index (χ0v) is 23.9. The molecule has 0 aliphatic carbocycles. The summed E-state index contributed by atoms with van der Waals surface area (Å²) in [6.07, 6.45) is -0.376. The van der Waals surface area contributed by atoms with Gasteiger partial charge in [0.25, 0.3) is 11.8 Å². The van der Waals surface area contributed by atoms with Crippen molar-refractivity contribution >= 4 is 52.8 Å². The molecule has 1 aliphatic rings. The van der Waals surface area contributed by atoms with Gasteiger partial charge < -0.3 is 26.0 Å². The molecule has 39 heavy (non-hydrogen) atoms. The van der Waals surface area contributed by atoms with Crippen molar-refractivity contribution in [3.05, 3.63) is 28.8 Å². The maximum atomic E-state index is 13.4. The number of nitrogens with zero attached hydrogens (tertiary/aromatic N) is 1. The van der Waals surface area contributed by atoms with Gasteiger partial charge >= 0.3 is 6.09 Å². The first kappa shape index (κ1) is 31.5. The zero-order valence-electron chi connectivity index (χ0n) is 23.1. The fraction of sp³-hybridized carbons (Fsp3) is 0.538. The standard InChI is InChI=1S/C26H36ClN5O7/c1-13-10-14(21(34)29-13)11-18(19(33)23(36)28-5)31-22(35)16-12-15(27)8-9-17(16)30-24(37)20(26(2,3)4)32(6)25(38)39-7/h8-9,12-14,18,20H,10-11H2,1-7H3,(H,28,36)(H,29,34)(H,30,37)(H,31,35)/t13-,14+,18+,20?/m1/s1. The number of likely N-dealkylation sites (N-methyl/N-ethyl adjacent to an activating group) is 2. The molecule has 1 saturated heterocycles. The van der Waals surface area contributed by atoms with E-state index in [4.69, 9.17) is 16.3 Å². The third-order valence-corrected chi connectivity index (χ3v) is 6.63. The van der Waals surface area contributed by atoms with E-state index in [1.807, 2.05) is 6.92 Å². The summed E-state index contributed by atoms with van der Waals surface area (Å²) in [5, 5.41) is 10.4. The fourth-order valence-electron chi connectivity index (χ4n) is 4.60. The lowest BCUT2D eigenvalue weighted by Gasteiger charge is -2.35. The van der Waals surface area contributed by atoms with Gasteiger partial charge in [0, 0.05) is 31.1 Å². The molecule has 214 valence electrons. The first-order valence-corrected chi connectivity index (χ1v) is 12.8. The van der Waals surface area contributed by atoms with Crippen LogP contribution in [0.15, 0.2) is 18.2 Å². The Morgan fingerprint density at radius 1 is 1.21 bits per heavy atom. The van der Waals surface area contributed by atoms with Crippen molar-refractivity contribution in [1.82, 2.24) is 20.9 Å². The average Bonchev–Trinajstić information content (AvgIpc) is 3.18. The molecule has 1 fully saturated rings. The van der Waals surface area contributed by atoms with Crippen molar-refractivity contribution in [2.24, 2.45) is 11.3 Å². The van der Waals surface area contributed by atoms with E-state index in [2.05, 4.69) is 21.3 Å². The highest BCUT2D eigenvalue weighted by Gasteiger charge is 2.39. The van der Waals surface area contributed by atoms with Crippen molar-refractivity contribution < 1.29 is 33.5 Å². The molecule has 0 aromatic heterocycles. The minimum Gasteiger partial charge on any atom is -0.453 e. The van der Waals surface area contributed by atoms with Crippen molar-refractivity contribution in [3.8, 4) is 0 Å². The molecule has 0 bridgehead atoms. The van der Waals surface area contributed by atoms with E-state index in [-0.39, 0.29) is 34.6 Å². The maximum Gasteiger partial charge on any atom is 0.409 e. The van der Waals surface area contributed by atoms with Crippen LogP contribution in [0.3, 0.4) is 0 Å². The van der Waals surface area contributed by atoms with Crippen LogP contribution in [-0.2, 0) is 23.9 Å². The van der Waals surface area contributed by atoms with Gasteiger partial charge in [-0.1, -0.05) is 32.4 Å². The first-order valence-electron chi connectivity index (χ1n) is 12.4. The Bertz CT molecular complexity index is 1150. The second kappa shape index (κ2) is 12.9. The Kier molecular flexibility index (Phi) is 10.5. The molecule has 1 aromatic rings. The molecule has 0 spiro atoms. The van der Waals surface area contributed by atoms with Crippen LogP contribution in [0.1, 0.15) is 50.9 Å². The summed E-state index contributed by atoms with van der Waals surface area (Å²) >= 11 is 6.14. The van der Waals surface area contributed by atoms with Gasteiger partial charge in [-0.3, -0.25) is 28.9 Å². The fourth-order valence-corrected chi connectivity index (χ4v) is 4.78. The first-order chi connectivity index (χ1) is 18.1. The van der Waals surface area contributed by atoms with E-state index in [0.29, 0.717) is 6.42 Å². The van der Waals surface area contributed by atoms with Gasteiger partial charge in [0.1, 0.15) is 6.04 Å². The van der Waals surface area contributed by atoms with E-state index in [9.17, 15) is 28.8 Å². The Balaban J connectivity index is 2.38. The van der Waals surface area contributed by atoms with Gasteiger partial charge in [-0.05, 0) is 43.4 Å². The normalized spacial score (nSPS) is 18.3. The molecular formula is C26H36ClN5O7. The van der Waals surface area contributed by atoms with E-state index < -0.39 is 53.0 Å². The van der Waals surface area contributed by atoms with Crippen LogP contribution in [-0.4, -0.2) is 79.7 Å². The monoisotopic (exact) mass is 565 g/mol. The lowest BCUT2D eigenvalue weighted by molar-refractivity contribution is -0.139. The Labute approximate surface area is 232 Å². The summed E-state index contributed by atoms with van der Waals surface area (Å²) < 4.78 is 4.76. The van der Waals surface area contributed by atoms with Gasteiger partial charge in [0.05, 0.1) is 24.4 Å². The van der Waals surface area contributed by atoms with Crippen LogP contribution >= 0.6 is 11.6 Å². The lowest BCUT2D eigenvalue weighted by Crippen LogP contribution is -2.52. The quantitative estimate of drug-likeness (QED) is 0.331. The zero-order chi connectivity index (χ0) is 29.7. The summed E-state index contributed by atoms with van der Waals surface area (Å²) in [5.74, 6) is -4.09. The highest BCUT2D eigenvalue weighted by atomic mass is 35.5. The van der Waals surface area contributed by atoms with E-state index in [0.717, 1.165) is 4.90 Å². The highest BCUT2D eigenvalue weighted by molar-refractivity contribution is 6.38. The van der Waals surface area contributed by atoms with Crippen LogP contribution < -0.4 is 21.3 Å². The number of nitrogens with one attached hydrogen (secondary N) is 4. The van der Waals surface area contributed by atoms with Crippen LogP contribution in [0.4, 0.5) is 10.5 Å². The molecule has 2 rings (SSSR count). The van der Waals surface area contributed by atoms with Gasteiger partial charge in [-0.15, -0.1) is 0 Å². The number of hydrogen-bond donors (Lipinski definition) is 4. The van der Waals surface area contributed by atoms with E-state index in [1.165, 1.54) is 39.4 Å². The maximum absolute atomic E-state index is 13.4. The van der Waals surface area contributed by atoms with Gasteiger partial charge in [-0.2, -0.15) is 0 Å². The highest BCUT2D eigenvalue weighted by Crippen LogP contribution is 2.28. The third-order valence-electron chi connectivity index (χ3n) is 6.39. The van der Waals surface area contributed by atoms with Crippen LogP contribution in [0.5, 0.6) is 0 Å². The number of methoxy groups -OCH3 is 1. The molecule has 5 amide bonds. The predicted molar refractivity (Wildman–Crippen MR) is 144 cm³/mol. The molecule has 4 atom stereocenters. The van der Waals surface area contributed by atoms with Crippen molar-refractivity contribution in [2.75, 3.05) is 26.5 Å². The van der Waals surface area contributed by atoms with E-state index in [1.54, 1.807) is 20.8 Å². The number of halogens is 1. The molecule has 0 radical (unpaired) electrons. The number of hydrogen-bond acceptors (Lipinski definition) is 7. The summed E-state index contributed by atoms with van der Waals surface area (Å²) in [5.41, 5.74) is -0.734. The van der Waals surface area contributed by atoms with Gasteiger partial charge in [-0.25, -0.2) is 4.79 Å². The van der Waals surface area contributed by atoms with Gasteiger partial charge in [0.2, 0.25) is 17.6 Å². The molecular weight excluding hydrogens is 530 g/mol. The summed E-state index contributed by atoms with van der Waals surface area (Å²) in [4.78, 5) is 77.3. The molecule has 1 aromatic carbocycles. The number of carbonyl (C=O) groups is 6. The molecule has 1 heterocycles. The van der Waals surface area contributed by atoms with Crippen LogP contribution in [0.2, 0.25) is 5.02 Å². The second-order valence-corrected chi connectivity index (χ2v) is 11.0. The number of ketones is 1. The average molecular weight is 566 g/mol. The Morgan fingerprint density at radius 2 is 1.85 bits per heavy atom. The third kappa shape index (κ3) is 7.92.